The lowest BCUT2D eigenvalue weighted by atomic mass is 10.00. The standard InChI is InChI=1S/C24H27NO5/c1-15(2)10-17-4-6-18(7-5-17)16(3)25-23(27)14-30-24(28)11-19-13-29-22-12-20(26)8-9-21(19)22/h4-9,12-13,15-16,26H,10-11,14H2,1-3H3,(H,25,27)/t16-/m0/s1. The summed E-state index contributed by atoms with van der Waals surface area (Å²) in [6.07, 6.45) is 2.46. The number of carbonyl (C=O) groups excluding carboxylic acids is 2. The fraction of sp³-hybridized carbons (Fsp3) is 0.333. The van der Waals surface area contributed by atoms with Gasteiger partial charge in [0.05, 0.1) is 18.7 Å². The summed E-state index contributed by atoms with van der Waals surface area (Å²) in [5, 5.41) is 13.0. The van der Waals surface area contributed by atoms with Crippen molar-refractivity contribution in [1.29, 1.82) is 0 Å². The first kappa shape index (κ1) is 21.4. The highest BCUT2D eigenvalue weighted by atomic mass is 16.5. The maximum absolute atomic E-state index is 12.2. The first-order valence-electron chi connectivity index (χ1n) is 10.0. The molecule has 158 valence electrons. The first-order valence-corrected chi connectivity index (χ1v) is 10.0. The summed E-state index contributed by atoms with van der Waals surface area (Å²) in [7, 11) is 0. The molecule has 0 saturated carbocycles. The molecule has 0 saturated heterocycles. The summed E-state index contributed by atoms with van der Waals surface area (Å²) >= 11 is 0. The number of hydrogen-bond acceptors (Lipinski definition) is 5. The van der Waals surface area contributed by atoms with Gasteiger partial charge in [0.25, 0.3) is 5.91 Å². The number of amides is 1. The van der Waals surface area contributed by atoms with E-state index in [1.165, 1.54) is 24.0 Å². The van der Waals surface area contributed by atoms with Crippen molar-refractivity contribution >= 4 is 22.8 Å². The number of hydrogen-bond donors (Lipinski definition) is 2. The molecule has 1 amide bonds. The van der Waals surface area contributed by atoms with Crippen molar-refractivity contribution in [3.63, 3.8) is 0 Å². The van der Waals surface area contributed by atoms with Crippen LogP contribution < -0.4 is 5.32 Å². The Kier molecular flexibility index (Phi) is 6.77. The van der Waals surface area contributed by atoms with Gasteiger partial charge in [-0.15, -0.1) is 0 Å². The zero-order chi connectivity index (χ0) is 21.7. The molecule has 0 spiro atoms. The third-order valence-electron chi connectivity index (χ3n) is 4.84. The number of nitrogens with one attached hydrogen (secondary N) is 1. The minimum atomic E-state index is -0.522. The van der Waals surface area contributed by atoms with Gasteiger partial charge in [-0.3, -0.25) is 9.59 Å². The molecule has 0 aliphatic rings. The Bertz CT molecular complexity index is 1020. The fourth-order valence-electron chi connectivity index (χ4n) is 3.34. The van der Waals surface area contributed by atoms with E-state index in [9.17, 15) is 14.7 Å². The van der Waals surface area contributed by atoms with Gasteiger partial charge in [0, 0.05) is 17.0 Å². The zero-order valence-corrected chi connectivity index (χ0v) is 17.5. The highest BCUT2D eigenvalue weighted by molar-refractivity contribution is 5.87. The molecular weight excluding hydrogens is 382 g/mol. The Labute approximate surface area is 175 Å². The van der Waals surface area contributed by atoms with Gasteiger partial charge in [0.2, 0.25) is 0 Å². The number of phenolic OH excluding ortho intramolecular Hbond substituents is 1. The number of phenols is 1. The number of carbonyl (C=O) groups is 2. The largest absolute Gasteiger partial charge is 0.508 e. The molecule has 6 heteroatoms. The van der Waals surface area contributed by atoms with Crippen molar-refractivity contribution in [1.82, 2.24) is 5.32 Å². The Balaban J connectivity index is 1.48. The van der Waals surface area contributed by atoms with E-state index in [4.69, 9.17) is 9.15 Å². The molecular formula is C24H27NO5. The normalized spacial score (nSPS) is 12.1. The molecule has 0 aliphatic carbocycles. The molecule has 0 bridgehead atoms. The number of esters is 1. The maximum atomic E-state index is 12.2. The van der Waals surface area contributed by atoms with Crippen molar-refractivity contribution in [2.24, 2.45) is 5.92 Å². The van der Waals surface area contributed by atoms with Gasteiger partial charge in [-0.25, -0.2) is 0 Å². The van der Waals surface area contributed by atoms with E-state index in [0.717, 1.165) is 17.4 Å². The fourth-order valence-corrected chi connectivity index (χ4v) is 3.34. The highest BCUT2D eigenvalue weighted by Gasteiger charge is 2.15. The monoisotopic (exact) mass is 409 g/mol. The second-order valence-corrected chi connectivity index (χ2v) is 7.91. The molecule has 1 heterocycles. The minimum absolute atomic E-state index is 0.0160. The van der Waals surface area contributed by atoms with Gasteiger partial charge >= 0.3 is 5.97 Å². The Morgan fingerprint density at radius 3 is 2.53 bits per heavy atom. The van der Waals surface area contributed by atoms with Gasteiger partial charge in [-0.1, -0.05) is 38.1 Å². The molecule has 0 unspecified atom stereocenters. The number of ether oxygens (including phenoxy) is 1. The molecule has 3 rings (SSSR count). The molecule has 3 aromatic rings. The SMILES string of the molecule is CC(C)Cc1ccc([C@H](C)NC(=O)COC(=O)Cc2coc3cc(O)ccc23)cc1. The summed E-state index contributed by atoms with van der Waals surface area (Å²) in [6, 6.07) is 12.7. The quantitative estimate of drug-likeness (QED) is 0.542. The van der Waals surface area contributed by atoms with E-state index >= 15 is 0 Å². The van der Waals surface area contributed by atoms with Crippen LogP contribution in [0.2, 0.25) is 0 Å². The summed E-state index contributed by atoms with van der Waals surface area (Å²) in [6.45, 7) is 5.91. The van der Waals surface area contributed by atoms with Crippen LogP contribution in [0, 0.1) is 5.92 Å². The minimum Gasteiger partial charge on any atom is -0.508 e. The number of aromatic hydroxyl groups is 1. The number of furan rings is 1. The Hall–Kier alpha value is -3.28. The lowest BCUT2D eigenvalue weighted by Gasteiger charge is -2.15. The molecule has 0 fully saturated rings. The van der Waals surface area contributed by atoms with Gasteiger partial charge in [0.15, 0.2) is 6.61 Å². The number of rotatable bonds is 8. The molecule has 2 N–H and O–H groups in total. The van der Waals surface area contributed by atoms with E-state index in [-0.39, 0.29) is 30.7 Å². The lowest BCUT2D eigenvalue weighted by molar-refractivity contribution is -0.148. The molecule has 6 nitrogen and oxygen atoms in total. The number of benzene rings is 2. The molecule has 2 aromatic carbocycles. The average Bonchev–Trinajstić information content (AvgIpc) is 3.08. The van der Waals surface area contributed by atoms with Gasteiger partial charge < -0.3 is 19.6 Å². The van der Waals surface area contributed by atoms with Crippen LogP contribution in [0.4, 0.5) is 0 Å². The van der Waals surface area contributed by atoms with Crippen LogP contribution in [0.3, 0.4) is 0 Å². The summed E-state index contributed by atoms with van der Waals surface area (Å²) < 4.78 is 10.4. The molecule has 0 radical (unpaired) electrons. The van der Waals surface area contributed by atoms with Gasteiger partial charge in [-0.05, 0) is 42.5 Å². The third kappa shape index (κ3) is 5.63. The van der Waals surface area contributed by atoms with Crippen LogP contribution in [0.1, 0.15) is 43.5 Å². The third-order valence-corrected chi connectivity index (χ3v) is 4.84. The smallest absolute Gasteiger partial charge is 0.310 e. The van der Waals surface area contributed by atoms with E-state index in [0.29, 0.717) is 17.1 Å². The Morgan fingerprint density at radius 1 is 1.10 bits per heavy atom. The van der Waals surface area contributed by atoms with Crippen LogP contribution in [0.5, 0.6) is 5.75 Å². The second-order valence-electron chi connectivity index (χ2n) is 7.91. The molecule has 1 atom stereocenters. The van der Waals surface area contributed by atoms with Crippen molar-refractivity contribution in [3.05, 3.63) is 65.4 Å². The van der Waals surface area contributed by atoms with Gasteiger partial charge in [0.1, 0.15) is 11.3 Å². The maximum Gasteiger partial charge on any atom is 0.310 e. The lowest BCUT2D eigenvalue weighted by Crippen LogP contribution is -2.31. The van der Waals surface area contributed by atoms with Crippen LogP contribution >= 0.6 is 0 Å². The molecule has 30 heavy (non-hydrogen) atoms. The summed E-state index contributed by atoms with van der Waals surface area (Å²) in [5.74, 6) is -0.197. The van der Waals surface area contributed by atoms with Crippen molar-refractivity contribution in [3.8, 4) is 5.75 Å². The van der Waals surface area contributed by atoms with E-state index < -0.39 is 5.97 Å². The van der Waals surface area contributed by atoms with Crippen molar-refractivity contribution in [2.75, 3.05) is 6.61 Å². The predicted octanol–water partition coefficient (Wildman–Crippen LogP) is 4.30. The van der Waals surface area contributed by atoms with Crippen molar-refractivity contribution < 1.29 is 23.8 Å². The summed E-state index contributed by atoms with van der Waals surface area (Å²) in [5.41, 5.74) is 3.40. The molecule has 0 aliphatic heterocycles. The highest BCUT2D eigenvalue weighted by Crippen LogP contribution is 2.25. The van der Waals surface area contributed by atoms with Gasteiger partial charge in [-0.2, -0.15) is 0 Å². The van der Waals surface area contributed by atoms with Crippen molar-refractivity contribution in [2.45, 2.75) is 39.7 Å². The topological polar surface area (TPSA) is 88.8 Å². The predicted molar refractivity (Wildman–Crippen MR) is 114 cm³/mol. The average molecular weight is 409 g/mol. The van der Waals surface area contributed by atoms with E-state index in [2.05, 4.69) is 31.3 Å². The van der Waals surface area contributed by atoms with E-state index in [1.807, 2.05) is 19.1 Å². The number of fused-ring (bicyclic) bond motifs is 1. The first-order chi connectivity index (χ1) is 14.3. The second kappa shape index (κ2) is 9.48. The molecule has 1 aromatic heterocycles. The van der Waals surface area contributed by atoms with Crippen LogP contribution in [-0.2, 0) is 27.2 Å². The zero-order valence-electron chi connectivity index (χ0n) is 17.5. The van der Waals surface area contributed by atoms with Crippen LogP contribution in [0.15, 0.2) is 53.1 Å². The van der Waals surface area contributed by atoms with Crippen LogP contribution in [-0.4, -0.2) is 23.6 Å². The summed E-state index contributed by atoms with van der Waals surface area (Å²) in [4.78, 5) is 24.3. The van der Waals surface area contributed by atoms with Crippen LogP contribution in [0.25, 0.3) is 11.0 Å². The van der Waals surface area contributed by atoms with E-state index in [1.54, 1.807) is 6.07 Å². The Morgan fingerprint density at radius 2 is 1.83 bits per heavy atom.